The van der Waals surface area contributed by atoms with Crippen molar-refractivity contribution in [1.29, 1.82) is 0 Å². The second kappa shape index (κ2) is 8.01. The van der Waals surface area contributed by atoms with Gasteiger partial charge in [0.05, 0.1) is 11.3 Å². The molecule has 4 aromatic rings. The first-order chi connectivity index (χ1) is 15.8. The number of fused-ring (bicyclic) bond motifs is 1. The van der Waals surface area contributed by atoms with E-state index in [1.165, 1.54) is 4.90 Å². The van der Waals surface area contributed by atoms with Crippen LogP contribution < -0.4 is 4.90 Å². The molecule has 2 aromatic carbocycles. The maximum absolute atomic E-state index is 13.6. The van der Waals surface area contributed by atoms with Crippen molar-refractivity contribution in [3.63, 3.8) is 0 Å². The molecule has 0 bridgehead atoms. The third kappa shape index (κ3) is 3.54. The third-order valence-electron chi connectivity index (χ3n) is 5.73. The number of nitrogens with zero attached hydrogens (tertiary/aromatic N) is 2. The van der Waals surface area contributed by atoms with E-state index in [0.717, 1.165) is 21.0 Å². The van der Waals surface area contributed by atoms with Crippen molar-refractivity contribution in [1.82, 2.24) is 4.98 Å². The molecule has 0 saturated heterocycles. The highest BCUT2D eigenvalue weighted by Crippen LogP contribution is 2.42. The van der Waals surface area contributed by atoms with Crippen LogP contribution in [0.2, 0.25) is 0 Å². The Hall–Kier alpha value is -3.71. The van der Waals surface area contributed by atoms with Crippen LogP contribution in [0.1, 0.15) is 33.4 Å². The van der Waals surface area contributed by atoms with Gasteiger partial charge in [-0.05, 0) is 61.9 Å². The van der Waals surface area contributed by atoms with E-state index < -0.39 is 23.5 Å². The maximum atomic E-state index is 13.6. The molecule has 3 heterocycles. The van der Waals surface area contributed by atoms with Crippen LogP contribution in [-0.4, -0.2) is 21.8 Å². The number of aliphatic hydroxyl groups excluding tert-OH is 1. The molecule has 1 aliphatic heterocycles. The summed E-state index contributed by atoms with van der Waals surface area (Å²) in [6.07, 6.45) is 1.59. The van der Waals surface area contributed by atoms with Gasteiger partial charge >= 0.3 is 0 Å². The van der Waals surface area contributed by atoms with Gasteiger partial charge < -0.3 is 9.52 Å². The minimum absolute atomic E-state index is 0.0425. The fourth-order valence-electron chi connectivity index (χ4n) is 4.24. The molecule has 0 saturated carbocycles. The molecule has 1 aliphatic rings. The smallest absolute Gasteiger partial charge is 0.294 e. The summed E-state index contributed by atoms with van der Waals surface area (Å²) in [6.45, 7) is 3.85. The quantitative estimate of drug-likeness (QED) is 0.346. The number of carbonyl (C=O) groups is 2. The van der Waals surface area contributed by atoms with Crippen molar-refractivity contribution in [2.45, 2.75) is 19.9 Å². The topological polar surface area (TPSA) is 83.6 Å². The zero-order valence-corrected chi connectivity index (χ0v) is 19.5. The summed E-state index contributed by atoms with van der Waals surface area (Å²) in [5.41, 5.74) is 3.43. The highest BCUT2D eigenvalue weighted by Gasteiger charge is 2.46. The summed E-state index contributed by atoms with van der Waals surface area (Å²) in [4.78, 5) is 32.8. The summed E-state index contributed by atoms with van der Waals surface area (Å²) >= 11 is 3.41. The zero-order chi connectivity index (χ0) is 23.3. The molecule has 0 spiro atoms. The Morgan fingerprint density at radius 3 is 2.64 bits per heavy atom. The molecule has 2 aromatic heterocycles. The number of hydrogen-bond donors (Lipinski definition) is 1. The summed E-state index contributed by atoms with van der Waals surface area (Å²) in [7, 11) is 0. The van der Waals surface area contributed by atoms with E-state index in [-0.39, 0.29) is 11.3 Å². The van der Waals surface area contributed by atoms with E-state index in [2.05, 4.69) is 20.9 Å². The van der Waals surface area contributed by atoms with Gasteiger partial charge in [0.15, 0.2) is 11.5 Å². The molecule has 7 heteroatoms. The van der Waals surface area contributed by atoms with Crippen molar-refractivity contribution in [2.75, 3.05) is 4.90 Å². The number of benzene rings is 2. The van der Waals surface area contributed by atoms with Crippen LogP contribution in [0.25, 0.3) is 11.0 Å². The Balaban J connectivity index is 1.67. The number of hydrogen-bond acceptors (Lipinski definition) is 5. The number of amides is 1. The number of anilines is 1. The first-order valence-electron chi connectivity index (χ1n) is 10.3. The molecule has 5 rings (SSSR count). The van der Waals surface area contributed by atoms with Gasteiger partial charge in [-0.25, -0.2) is 0 Å². The van der Waals surface area contributed by atoms with Crippen LogP contribution in [0.15, 0.2) is 87.1 Å². The van der Waals surface area contributed by atoms with Gasteiger partial charge in [-0.15, -0.1) is 0 Å². The molecule has 1 unspecified atom stereocenters. The number of carbonyl (C=O) groups excluding carboxylic acids is 2. The highest BCUT2D eigenvalue weighted by molar-refractivity contribution is 9.10. The Kier molecular flexibility index (Phi) is 5.13. The first kappa shape index (κ1) is 21.2. The largest absolute Gasteiger partial charge is 0.503 e. The van der Waals surface area contributed by atoms with Gasteiger partial charge in [0.1, 0.15) is 11.6 Å². The molecule has 6 nitrogen and oxygen atoms in total. The third-order valence-corrected chi connectivity index (χ3v) is 6.23. The lowest BCUT2D eigenvalue weighted by atomic mass is 9.97. The van der Waals surface area contributed by atoms with Crippen LogP contribution in [0.5, 0.6) is 0 Å². The fourth-order valence-corrected chi connectivity index (χ4v) is 4.62. The fraction of sp³-hybridized carbons (Fsp3) is 0.115. The molecule has 1 N–H and O–H groups in total. The molecule has 1 atom stereocenters. The summed E-state index contributed by atoms with van der Waals surface area (Å²) < 4.78 is 6.63. The van der Waals surface area contributed by atoms with Crippen molar-refractivity contribution in [2.24, 2.45) is 0 Å². The van der Waals surface area contributed by atoms with Crippen LogP contribution in [0.4, 0.5) is 5.69 Å². The number of aryl methyl sites for hydroxylation is 2. The van der Waals surface area contributed by atoms with Crippen LogP contribution >= 0.6 is 15.9 Å². The standard InChI is InChI=1S/C26H19BrN2O4/c1-14-6-8-19(15(2)11-14)29-23(18-5-3-4-10-28-18)22(25(31)26(29)32)24(30)21-13-16-12-17(27)7-9-20(16)33-21/h3-13,23,31H,1-2H3. The number of ketones is 1. The normalized spacial score (nSPS) is 16.2. The lowest BCUT2D eigenvalue weighted by Gasteiger charge is -2.27. The van der Waals surface area contributed by atoms with E-state index in [9.17, 15) is 14.7 Å². The predicted molar refractivity (Wildman–Crippen MR) is 128 cm³/mol. The molecule has 0 aliphatic carbocycles. The van der Waals surface area contributed by atoms with Gasteiger partial charge in [-0.1, -0.05) is 39.7 Å². The second-order valence-corrected chi connectivity index (χ2v) is 8.92. The monoisotopic (exact) mass is 502 g/mol. The minimum atomic E-state index is -0.896. The SMILES string of the molecule is Cc1ccc(N2C(=O)C(O)=C(C(=O)c3cc4cc(Br)ccc4o3)C2c2ccccn2)c(C)c1. The summed E-state index contributed by atoms with van der Waals surface area (Å²) in [5.74, 6) is -1.77. The summed E-state index contributed by atoms with van der Waals surface area (Å²) in [6, 6.07) is 17.0. The van der Waals surface area contributed by atoms with E-state index in [1.807, 2.05) is 44.2 Å². The van der Waals surface area contributed by atoms with Crippen LogP contribution in [0.3, 0.4) is 0 Å². The average molecular weight is 503 g/mol. The Labute approximate surface area is 198 Å². The van der Waals surface area contributed by atoms with Crippen molar-refractivity contribution in [3.8, 4) is 0 Å². The van der Waals surface area contributed by atoms with Crippen LogP contribution in [-0.2, 0) is 4.79 Å². The van der Waals surface area contributed by atoms with E-state index in [1.54, 1.807) is 36.5 Å². The summed E-state index contributed by atoms with van der Waals surface area (Å²) in [5, 5.41) is 11.6. The lowest BCUT2D eigenvalue weighted by molar-refractivity contribution is -0.117. The number of Topliss-reactive ketones (excluding diaryl/α,β-unsaturated/α-hetero) is 1. The average Bonchev–Trinajstić information content (AvgIpc) is 3.33. The van der Waals surface area contributed by atoms with Crippen molar-refractivity contribution in [3.05, 3.63) is 105 Å². The lowest BCUT2D eigenvalue weighted by Crippen LogP contribution is -2.32. The highest BCUT2D eigenvalue weighted by atomic mass is 79.9. The number of rotatable bonds is 4. The number of pyridine rings is 1. The van der Waals surface area contributed by atoms with E-state index in [0.29, 0.717) is 17.0 Å². The second-order valence-electron chi connectivity index (χ2n) is 8.01. The van der Waals surface area contributed by atoms with Gasteiger partial charge in [-0.2, -0.15) is 0 Å². The molecule has 1 amide bonds. The number of aliphatic hydroxyl groups is 1. The first-order valence-corrected chi connectivity index (χ1v) is 11.1. The predicted octanol–water partition coefficient (Wildman–Crippen LogP) is 5.99. The van der Waals surface area contributed by atoms with Gasteiger partial charge in [0, 0.05) is 21.7 Å². The van der Waals surface area contributed by atoms with Crippen molar-refractivity contribution >= 4 is 44.3 Å². The molecule has 33 heavy (non-hydrogen) atoms. The molecular weight excluding hydrogens is 484 g/mol. The molecule has 0 radical (unpaired) electrons. The zero-order valence-electron chi connectivity index (χ0n) is 17.9. The van der Waals surface area contributed by atoms with Gasteiger partial charge in [0.25, 0.3) is 5.91 Å². The van der Waals surface area contributed by atoms with Crippen LogP contribution in [0, 0.1) is 13.8 Å². The van der Waals surface area contributed by atoms with Gasteiger partial charge in [-0.3, -0.25) is 19.5 Å². The Morgan fingerprint density at radius 1 is 1.09 bits per heavy atom. The van der Waals surface area contributed by atoms with Gasteiger partial charge in [0.2, 0.25) is 5.78 Å². The van der Waals surface area contributed by atoms with E-state index >= 15 is 0 Å². The Bertz CT molecular complexity index is 1460. The maximum Gasteiger partial charge on any atom is 0.294 e. The minimum Gasteiger partial charge on any atom is -0.503 e. The molecule has 0 fully saturated rings. The number of halogens is 1. The Morgan fingerprint density at radius 2 is 1.91 bits per heavy atom. The number of aromatic nitrogens is 1. The molecule has 164 valence electrons. The molecular formula is C26H19BrN2O4. The van der Waals surface area contributed by atoms with Crippen molar-refractivity contribution < 1.29 is 19.1 Å². The number of furan rings is 1. The van der Waals surface area contributed by atoms with E-state index in [4.69, 9.17) is 4.42 Å².